The van der Waals surface area contributed by atoms with Crippen molar-refractivity contribution >= 4 is 39.6 Å². The number of hydrogen-bond acceptors (Lipinski definition) is 4. The monoisotopic (exact) mass is 419 g/mol. The third-order valence-corrected chi connectivity index (χ3v) is 5.52. The van der Waals surface area contributed by atoms with Crippen molar-refractivity contribution in [3.05, 3.63) is 64.1 Å². The Balaban J connectivity index is 1.43. The smallest absolute Gasteiger partial charge is 0.316 e. The first kappa shape index (κ1) is 18.0. The number of hydrogen-bond donors (Lipinski definition) is 0. The van der Waals surface area contributed by atoms with E-state index in [1.165, 1.54) is 22.9 Å². The molecule has 0 aliphatic carbocycles. The molecule has 2 aromatic rings. The molecule has 2 aromatic carbocycles. The van der Waals surface area contributed by atoms with Crippen LogP contribution in [0.5, 0.6) is 0 Å². The largest absolute Gasteiger partial charge is 0.455 e. The Hall–Kier alpha value is -1.79. The maximum atomic E-state index is 12.3. The number of carbonyl (C=O) groups is 2. The second-order valence-corrected chi connectivity index (χ2v) is 7.70. The minimum Gasteiger partial charge on any atom is -0.455 e. The van der Waals surface area contributed by atoms with Gasteiger partial charge in [-0.3, -0.25) is 9.59 Å². The van der Waals surface area contributed by atoms with Crippen molar-refractivity contribution in [1.82, 2.24) is 4.90 Å². The molecule has 3 rings (SSSR count). The van der Waals surface area contributed by atoms with Crippen LogP contribution in [0.15, 0.2) is 57.9 Å². The van der Waals surface area contributed by atoms with E-state index >= 15 is 0 Å². The van der Waals surface area contributed by atoms with Gasteiger partial charge in [-0.15, -0.1) is 11.8 Å². The molecule has 6 heteroatoms. The first-order valence-electron chi connectivity index (χ1n) is 8.00. The van der Waals surface area contributed by atoms with Crippen LogP contribution in [-0.4, -0.2) is 35.7 Å². The normalized spacial score (nSPS) is 13.2. The highest BCUT2D eigenvalue weighted by Crippen LogP contribution is 2.21. The molecule has 0 N–H and O–H groups in total. The van der Waals surface area contributed by atoms with Crippen molar-refractivity contribution in [1.29, 1.82) is 0 Å². The number of nitrogens with zero attached hydrogens (tertiary/aromatic N) is 1. The zero-order chi connectivity index (χ0) is 17.6. The summed E-state index contributed by atoms with van der Waals surface area (Å²) < 4.78 is 6.12. The number of ether oxygens (including phenoxy) is 1. The van der Waals surface area contributed by atoms with Crippen molar-refractivity contribution in [3.8, 4) is 0 Å². The van der Waals surface area contributed by atoms with Crippen LogP contribution in [0.1, 0.15) is 11.1 Å². The third-order valence-electron chi connectivity index (χ3n) is 4.01. The predicted molar refractivity (Wildman–Crippen MR) is 101 cm³/mol. The van der Waals surface area contributed by atoms with Gasteiger partial charge in [0, 0.05) is 22.5 Å². The number of fused-ring (bicyclic) bond motifs is 1. The predicted octanol–water partition coefficient (Wildman–Crippen LogP) is 3.67. The molecule has 0 radical (unpaired) electrons. The highest BCUT2D eigenvalue weighted by Gasteiger charge is 2.21. The molecule has 0 bridgehead atoms. The first-order chi connectivity index (χ1) is 12.1. The van der Waals surface area contributed by atoms with Gasteiger partial charge >= 0.3 is 5.97 Å². The Kier molecular flexibility index (Phi) is 6.15. The molecule has 0 aromatic heterocycles. The SMILES string of the molecule is O=C(CSc1ccc(Br)cc1)OCC(=O)N1CCc2ccccc2C1. The molecule has 1 heterocycles. The molecule has 1 aliphatic heterocycles. The van der Waals surface area contributed by atoms with Gasteiger partial charge in [0.2, 0.25) is 0 Å². The number of thioether (sulfide) groups is 1. The summed E-state index contributed by atoms with van der Waals surface area (Å²) in [7, 11) is 0. The van der Waals surface area contributed by atoms with Gasteiger partial charge in [-0.1, -0.05) is 40.2 Å². The maximum Gasteiger partial charge on any atom is 0.316 e. The lowest BCUT2D eigenvalue weighted by Crippen LogP contribution is -2.38. The first-order valence-corrected chi connectivity index (χ1v) is 9.78. The zero-order valence-electron chi connectivity index (χ0n) is 13.6. The Morgan fingerprint density at radius 3 is 2.56 bits per heavy atom. The molecule has 4 nitrogen and oxygen atoms in total. The van der Waals surface area contributed by atoms with Gasteiger partial charge < -0.3 is 9.64 Å². The van der Waals surface area contributed by atoms with E-state index in [0.717, 1.165) is 15.8 Å². The molecule has 0 atom stereocenters. The molecule has 0 fully saturated rings. The van der Waals surface area contributed by atoms with Gasteiger partial charge in [0.1, 0.15) is 0 Å². The number of carbonyl (C=O) groups excluding carboxylic acids is 2. The maximum absolute atomic E-state index is 12.3. The molecular weight excluding hydrogens is 402 g/mol. The van der Waals surface area contributed by atoms with E-state index in [4.69, 9.17) is 4.74 Å². The van der Waals surface area contributed by atoms with Crippen LogP contribution in [0.3, 0.4) is 0 Å². The molecule has 130 valence electrons. The van der Waals surface area contributed by atoms with Crippen molar-refractivity contribution in [2.24, 2.45) is 0 Å². The van der Waals surface area contributed by atoms with Gasteiger partial charge in [-0.2, -0.15) is 0 Å². The van der Waals surface area contributed by atoms with Crippen LogP contribution in [-0.2, 0) is 27.3 Å². The second-order valence-electron chi connectivity index (χ2n) is 5.74. The zero-order valence-corrected chi connectivity index (χ0v) is 16.0. The number of esters is 1. The van der Waals surface area contributed by atoms with Crippen LogP contribution >= 0.6 is 27.7 Å². The lowest BCUT2D eigenvalue weighted by molar-refractivity contribution is -0.150. The summed E-state index contributed by atoms with van der Waals surface area (Å²) in [5, 5.41) is 0. The number of halogens is 1. The highest BCUT2D eigenvalue weighted by atomic mass is 79.9. The van der Waals surface area contributed by atoms with E-state index in [2.05, 4.69) is 22.0 Å². The summed E-state index contributed by atoms with van der Waals surface area (Å²) in [6.07, 6.45) is 0.843. The third kappa shape index (κ3) is 5.09. The Morgan fingerprint density at radius 1 is 1.08 bits per heavy atom. The van der Waals surface area contributed by atoms with Crippen LogP contribution in [0.2, 0.25) is 0 Å². The molecule has 0 saturated carbocycles. The van der Waals surface area contributed by atoms with Crippen molar-refractivity contribution in [2.45, 2.75) is 17.9 Å². The quantitative estimate of drug-likeness (QED) is 0.547. The van der Waals surface area contributed by atoms with E-state index < -0.39 is 0 Å². The molecular formula is C19H18BrNO3S. The fraction of sp³-hybridized carbons (Fsp3) is 0.263. The molecule has 1 aliphatic rings. The average Bonchev–Trinajstić information content (AvgIpc) is 2.65. The van der Waals surface area contributed by atoms with Crippen molar-refractivity contribution in [3.63, 3.8) is 0 Å². The summed E-state index contributed by atoms with van der Waals surface area (Å²) in [5.41, 5.74) is 2.45. The van der Waals surface area contributed by atoms with Gasteiger partial charge in [-0.05, 0) is 41.8 Å². The van der Waals surface area contributed by atoms with Crippen molar-refractivity contribution < 1.29 is 14.3 Å². The summed E-state index contributed by atoms with van der Waals surface area (Å²) >= 11 is 4.77. The summed E-state index contributed by atoms with van der Waals surface area (Å²) in [6.45, 7) is 1.06. The molecule has 1 amide bonds. The van der Waals surface area contributed by atoms with Gasteiger partial charge in [0.25, 0.3) is 5.91 Å². The van der Waals surface area contributed by atoms with E-state index in [1.807, 2.05) is 42.5 Å². The summed E-state index contributed by atoms with van der Waals surface area (Å²) in [5.74, 6) is -0.326. The van der Waals surface area contributed by atoms with E-state index in [9.17, 15) is 9.59 Å². The van der Waals surface area contributed by atoms with Gasteiger partial charge in [0.15, 0.2) is 6.61 Å². The second kappa shape index (κ2) is 8.54. The summed E-state index contributed by atoms with van der Waals surface area (Å²) in [4.78, 5) is 26.8. The highest BCUT2D eigenvalue weighted by molar-refractivity contribution is 9.10. The lowest BCUT2D eigenvalue weighted by Gasteiger charge is -2.28. The Labute approximate surface area is 159 Å². The minimum absolute atomic E-state index is 0.142. The molecule has 0 saturated heterocycles. The standard InChI is InChI=1S/C19H18BrNO3S/c20-16-5-7-17(8-6-16)25-13-19(23)24-12-18(22)21-10-9-14-3-1-2-4-15(14)11-21/h1-8H,9-13H2. The number of benzene rings is 2. The lowest BCUT2D eigenvalue weighted by atomic mass is 10.00. The molecule has 0 unspecified atom stereocenters. The van der Waals surface area contributed by atoms with E-state index in [-0.39, 0.29) is 24.2 Å². The molecule has 25 heavy (non-hydrogen) atoms. The fourth-order valence-corrected chi connectivity index (χ4v) is 3.62. The average molecular weight is 420 g/mol. The van der Waals surface area contributed by atoms with Crippen LogP contribution in [0.25, 0.3) is 0 Å². The Bertz CT molecular complexity index is 764. The minimum atomic E-state index is -0.376. The van der Waals surface area contributed by atoms with Crippen LogP contribution in [0, 0.1) is 0 Å². The van der Waals surface area contributed by atoms with E-state index in [0.29, 0.717) is 13.1 Å². The van der Waals surface area contributed by atoms with E-state index in [1.54, 1.807) is 4.90 Å². The summed E-state index contributed by atoms with van der Waals surface area (Å²) in [6, 6.07) is 15.8. The van der Waals surface area contributed by atoms with Crippen LogP contribution in [0.4, 0.5) is 0 Å². The fourth-order valence-electron chi connectivity index (χ4n) is 2.66. The van der Waals surface area contributed by atoms with Gasteiger partial charge in [0.05, 0.1) is 5.75 Å². The van der Waals surface area contributed by atoms with Crippen molar-refractivity contribution in [2.75, 3.05) is 18.9 Å². The van der Waals surface area contributed by atoms with Gasteiger partial charge in [-0.25, -0.2) is 0 Å². The Morgan fingerprint density at radius 2 is 1.80 bits per heavy atom. The number of rotatable bonds is 5. The molecule has 0 spiro atoms. The number of amides is 1. The topological polar surface area (TPSA) is 46.6 Å². The van der Waals surface area contributed by atoms with Crippen LogP contribution < -0.4 is 0 Å².